The Morgan fingerprint density at radius 3 is 2.67 bits per heavy atom. The molecule has 3 rings (SSSR count). The lowest BCUT2D eigenvalue weighted by molar-refractivity contribution is -0.318. The van der Waals surface area contributed by atoms with Crippen molar-refractivity contribution in [3.05, 3.63) is 22.2 Å². The van der Waals surface area contributed by atoms with Gasteiger partial charge in [-0.05, 0) is 17.9 Å². The molecule has 0 saturated carbocycles. The zero-order valence-electron chi connectivity index (χ0n) is 19.2. The molecule has 0 aromatic carbocycles. The number of aliphatic carboxylic acids is 1. The number of hydrogen-bond donors (Lipinski definition) is 5. The van der Waals surface area contributed by atoms with Gasteiger partial charge in [-0.2, -0.15) is 0 Å². The molecule has 0 amide bonds. The van der Waals surface area contributed by atoms with Gasteiger partial charge in [-0.3, -0.25) is 13.6 Å². The van der Waals surface area contributed by atoms with Crippen LogP contribution in [0.3, 0.4) is 0 Å². The molecule has 0 radical (unpaired) electrons. The van der Waals surface area contributed by atoms with Crippen molar-refractivity contribution < 1.29 is 58.3 Å². The van der Waals surface area contributed by atoms with Crippen LogP contribution < -0.4 is 21.6 Å². The summed E-state index contributed by atoms with van der Waals surface area (Å²) in [6, 6.07) is 0. The van der Waals surface area contributed by atoms with E-state index in [0.717, 1.165) is 10.8 Å². The summed E-state index contributed by atoms with van der Waals surface area (Å²) < 4.78 is 33.5. The summed E-state index contributed by atoms with van der Waals surface area (Å²) in [5, 5.41) is 52.6. The van der Waals surface area contributed by atoms with E-state index in [1.807, 2.05) is 0 Å². The van der Waals surface area contributed by atoms with Crippen molar-refractivity contribution in [2.45, 2.75) is 63.1 Å². The van der Waals surface area contributed by atoms with Gasteiger partial charge in [0, 0.05) is 37.0 Å². The Bertz CT molecular complexity index is 1050. The lowest BCUT2D eigenvalue weighted by Crippen LogP contribution is -2.47. The molecule has 0 bridgehead atoms. The first-order valence-corrected chi connectivity index (χ1v) is 12.4. The quantitative estimate of drug-likeness (QED) is 0.168. The fourth-order valence-electron chi connectivity index (χ4n) is 3.84. The number of aliphatic hydroxyl groups excluding tert-OH is 3. The van der Waals surface area contributed by atoms with E-state index in [0.29, 0.717) is 0 Å². The molecular weight excluding hydrogens is 509 g/mol. The molecule has 2 aliphatic rings. The zero-order chi connectivity index (χ0) is 26.8. The van der Waals surface area contributed by atoms with Gasteiger partial charge in [0.25, 0.3) is 0 Å². The number of carboxylic acids is 1. The van der Waals surface area contributed by atoms with Crippen molar-refractivity contribution in [1.29, 1.82) is 0 Å². The lowest BCUT2D eigenvalue weighted by Gasteiger charge is -2.31. The van der Waals surface area contributed by atoms with Crippen LogP contribution in [0.25, 0.3) is 0 Å². The smallest absolute Gasteiger partial charge is 0.472 e. The van der Waals surface area contributed by atoms with Gasteiger partial charge in [-0.25, -0.2) is 14.3 Å². The first-order chi connectivity index (χ1) is 16.8. The summed E-state index contributed by atoms with van der Waals surface area (Å²) in [6.45, 7) is -0.290. The van der Waals surface area contributed by atoms with Crippen molar-refractivity contribution >= 4 is 13.8 Å². The second-order valence-electron chi connectivity index (χ2n) is 8.88. The molecule has 6 N–H and O–H groups in total. The van der Waals surface area contributed by atoms with Gasteiger partial charge < -0.3 is 50.4 Å². The van der Waals surface area contributed by atoms with Gasteiger partial charge in [0.15, 0.2) is 6.29 Å². The van der Waals surface area contributed by atoms with Crippen LogP contribution >= 0.6 is 7.82 Å². The molecule has 1 unspecified atom stereocenters. The zero-order valence-corrected chi connectivity index (χ0v) is 20.1. The first-order valence-electron chi connectivity index (χ1n) is 10.9. The standard InChI is InChI=1S/C19H30N3O13P/c1-19(8-20,17(27)28)4-9-5-22(18(29)21-16(9)26)14-2-10(24)13(33-14)7-32-36(30,31)35-11-3-15(25)34-12(11)6-23/h5,10-15,23-25H,2-4,6-8,20H2,1H3,(H,27,28)(H,30,31)(H,21,26,29)/p-2/t10-,11-,12+,13+,14+,15+,19-/m0/s1. The monoisotopic (exact) mass is 537 g/mol. The Kier molecular flexibility index (Phi) is 8.88. The summed E-state index contributed by atoms with van der Waals surface area (Å²) in [6.07, 6.45) is -6.76. The van der Waals surface area contributed by atoms with E-state index in [4.69, 9.17) is 24.3 Å². The van der Waals surface area contributed by atoms with Crippen molar-refractivity contribution in [1.82, 2.24) is 9.55 Å². The fourth-order valence-corrected chi connectivity index (χ4v) is 4.80. The van der Waals surface area contributed by atoms with Gasteiger partial charge in [-0.1, -0.05) is 6.92 Å². The van der Waals surface area contributed by atoms with Crippen molar-refractivity contribution in [3.63, 3.8) is 0 Å². The molecule has 0 aliphatic carbocycles. The molecule has 3 heterocycles. The second kappa shape index (κ2) is 11.2. The number of rotatable bonds is 11. The van der Waals surface area contributed by atoms with Gasteiger partial charge in [0.1, 0.15) is 24.5 Å². The third-order valence-corrected chi connectivity index (χ3v) is 7.07. The number of hydrogen-bond acceptors (Lipinski definition) is 14. The molecule has 17 heteroatoms. The maximum absolute atomic E-state index is 12.3. The fraction of sp³-hybridized carbons (Fsp3) is 0.737. The Hall–Kier alpha value is -1.98. The summed E-state index contributed by atoms with van der Waals surface area (Å²) in [5.74, 6) is -2.44. The van der Waals surface area contributed by atoms with Gasteiger partial charge in [0.05, 0.1) is 19.3 Å². The number of carbonyl (C=O) groups is 1. The van der Waals surface area contributed by atoms with Crippen LogP contribution in [-0.2, 0) is 34.3 Å². The second-order valence-corrected chi connectivity index (χ2v) is 10.3. The number of phosphoric ester groups is 1. The predicted octanol–water partition coefficient (Wildman–Crippen LogP) is -4.18. The van der Waals surface area contributed by atoms with Crippen LogP contribution in [-0.4, -0.2) is 86.2 Å². The van der Waals surface area contributed by atoms with Crippen LogP contribution in [0.5, 0.6) is 5.88 Å². The Balaban J connectivity index is 1.67. The van der Waals surface area contributed by atoms with E-state index in [2.05, 4.69) is 4.98 Å². The van der Waals surface area contributed by atoms with E-state index in [-0.39, 0.29) is 31.4 Å². The number of aliphatic hydroxyl groups is 3. The molecule has 2 saturated heterocycles. The summed E-state index contributed by atoms with van der Waals surface area (Å²) in [4.78, 5) is 37.1. The van der Waals surface area contributed by atoms with Crippen molar-refractivity contribution in [2.75, 3.05) is 19.8 Å². The Morgan fingerprint density at radius 1 is 1.36 bits per heavy atom. The molecule has 36 heavy (non-hydrogen) atoms. The normalized spacial score (nSPS) is 31.7. The van der Waals surface area contributed by atoms with E-state index in [1.54, 1.807) is 0 Å². The Labute approximate surface area is 204 Å². The average Bonchev–Trinajstić information content (AvgIpc) is 3.34. The van der Waals surface area contributed by atoms with Crippen LogP contribution in [0.15, 0.2) is 11.0 Å². The van der Waals surface area contributed by atoms with Crippen LogP contribution in [0.4, 0.5) is 0 Å². The number of nitrogens with two attached hydrogens (primary N) is 1. The molecule has 1 aromatic heterocycles. The molecule has 204 valence electrons. The first kappa shape index (κ1) is 28.6. The molecule has 16 nitrogen and oxygen atoms in total. The minimum atomic E-state index is -4.74. The molecule has 8 atom stereocenters. The van der Waals surface area contributed by atoms with Gasteiger partial charge in [-0.15, -0.1) is 0 Å². The average molecular weight is 537 g/mol. The SMILES string of the molecule is C[C@@](CN)(Cc1cn([C@H]2C[C@H](O)[C@@H](COP(=O)(O)O[C@H]3C[C@H](O)O[C@@H]3CO)O2)c(=O)nc1[O-])C(=O)[O-]. The van der Waals surface area contributed by atoms with Gasteiger partial charge in [0.2, 0.25) is 0 Å². The molecule has 2 fully saturated rings. The third kappa shape index (κ3) is 6.47. The van der Waals surface area contributed by atoms with E-state index >= 15 is 0 Å². The topological polar surface area (TPSA) is 259 Å². The predicted molar refractivity (Wildman–Crippen MR) is 112 cm³/mol. The maximum atomic E-state index is 12.3. The van der Waals surface area contributed by atoms with Crippen molar-refractivity contribution in [2.24, 2.45) is 11.1 Å². The Morgan fingerprint density at radius 2 is 2.06 bits per heavy atom. The highest BCUT2D eigenvalue weighted by Crippen LogP contribution is 2.48. The van der Waals surface area contributed by atoms with Gasteiger partial charge >= 0.3 is 13.5 Å². The number of aromatic nitrogens is 2. The third-order valence-electron chi connectivity index (χ3n) is 6.06. The number of nitrogens with zero attached hydrogens (tertiary/aromatic N) is 2. The van der Waals surface area contributed by atoms with Crippen LogP contribution in [0.2, 0.25) is 0 Å². The number of carboxylic acid groups (broad SMARTS) is 1. The van der Waals surface area contributed by atoms with E-state index in [1.165, 1.54) is 6.92 Å². The molecule has 1 aromatic rings. The number of phosphoric acid groups is 1. The molecular formula is C19H28N3O13P-2. The highest BCUT2D eigenvalue weighted by molar-refractivity contribution is 7.47. The van der Waals surface area contributed by atoms with E-state index in [9.17, 15) is 44.6 Å². The molecule has 2 aliphatic heterocycles. The van der Waals surface area contributed by atoms with Crippen molar-refractivity contribution in [3.8, 4) is 5.88 Å². The largest absolute Gasteiger partial charge is 0.858 e. The van der Waals surface area contributed by atoms with Crippen LogP contribution in [0, 0.1) is 5.41 Å². The molecule has 0 spiro atoms. The van der Waals surface area contributed by atoms with Crippen LogP contribution in [0.1, 0.15) is 31.6 Å². The maximum Gasteiger partial charge on any atom is 0.472 e. The highest BCUT2D eigenvalue weighted by Gasteiger charge is 2.42. The minimum absolute atomic E-state index is 0.141. The number of carbonyl (C=O) groups excluding carboxylic acids is 1. The summed E-state index contributed by atoms with van der Waals surface area (Å²) in [5.41, 5.74) is 2.74. The van der Waals surface area contributed by atoms with E-state index < -0.39 is 80.9 Å². The summed E-state index contributed by atoms with van der Waals surface area (Å²) in [7, 11) is -4.74. The summed E-state index contributed by atoms with van der Waals surface area (Å²) >= 11 is 0. The lowest BCUT2D eigenvalue weighted by atomic mass is 9.84. The highest BCUT2D eigenvalue weighted by atomic mass is 31.2. The minimum Gasteiger partial charge on any atom is -0.858 e. The number of ether oxygens (including phenoxy) is 2.